The molecule has 2 aromatic carbocycles. The Morgan fingerprint density at radius 1 is 1.23 bits per heavy atom. The normalized spacial score (nSPS) is 14.9. The lowest BCUT2D eigenvalue weighted by molar-refractivity contribution is 0.318. The molecule has 0 bridgehead atoms. The van der Waals surface area contributed by atoms with Crippen LogP contribution in [0.4, 0.5) is 5.95 Å². The zero-order chi connectivity index (χ0) is 18.1. The first-order chi connectivity index (χ1) is 12.7. The highest BCUT2D eigenvalue weighted by Gasteiger charge is 2.18. The zero-order valence-electron chi connectivity index (χ0n) is 14.8. The number of ether oxygens (including phenoxy) is 1. The number of nitrogens with zero attached hydrogens (tertiary/aromatic N) is 3. The van der Waals surface area contributed by atoms with E-state index in [4.69, 9.17) is 4.74 Å². The third kappa shape index (κ3) is 2.73. The van der Waals surface area contributed by atoms with E-state index in [1.807, 2.05) is 50.2 Å². The average molecular weight is 348 g/mol. The molecule has 1 N–H and O–H groups in total. The highest BCUT2D eigenvalue weighted by molar-refractivity contribution is 6.04. The van der Waals surface area contributed by atoms with E-state index in [0.717, 1.165) is 22.6 Å². The van der Waals surface area contributed by atoms with Crippen molar-refractivity contribution in [3.63, 3.8) is 0 Å². The van der Waals surface area contributed by atoms with E-state index < -0.39 is 0 Å². The van der Waals surface area contributed by atoms with E-state index in [1.165, 1.54) is 0 Å². The maximum Gasteiger partial charge on any atom is 0.262 e. The van der Waals surface area contributed by atoms with Crippen LogP contribution in [-0.2, 0) is 6.54 Å². The maximum atomic E-state index is 12.7. The molecule has 132 valence electrons. The van der Waals surface area contributed by atoms with Gasteiger partial charge in [0.15, 0.2) is 0 Å². The standard InChI is InChI=1S/C20H20N4O2/c1-3-24-19(25)15-8-4-5-10-16(15)21-20(24)23-22-17-11-12-26-18-13(2)7-6-9-14(17)18/h4-10H,3,11-12H2,1-2H3,(H,21,23). The van der Waals surface area contributed by atoms with Crippen LogP contribution in [0.5, 0.6) is 5.75 Å². The molecule has 1 aliphatic rings. The molecule has 1 aliphatic heterocycles. The van der Waals surface area contributed by atoms with Gasteiger partial charge < -0.3 is 4.74 Å². The van der Waals surface area contributed by atoms with Crippen molar-refractivity contribution in [2.75, 3.05) is 12.0 Å². The number of aryl methyl sites for hydroxylation is 1. The minimum atomic E-state index is -0.0657. The fourth-order valence-electron chi connectivity index (χ4n) is 3.24. The summed E-state index contributed by atoms with van der Waals surface area (Å²) in [7, 11) is 0. The summed E-state index contributed by atoms with van der Waals surface area (Å²) in [5.74, 6) is 1.32. The van der Waals surface area contributed by atoms with Gasteiger partial charge in [0.05, 0.1) is 23.2 Å². The first kappa shape index (κ1) is 16.3. The van der Waals surface area contributed by atoms with Gasteiger partial charge in [-0.2, -0.15) is 5.10 Å². The number of rotatable bonds is 3. The molecule has 0 spiro atoms. The SMILES string of the molecule is CCn1c(NN=C2CCOc3c(C)cccc32)nc2ccccc2c1=O. The van der Waals surface area contributed by atoms with Gasteiger partial charge in [-0.05, 0) is 37.6 Å². The highest BCUT2D eigenvalue weighted by Crippen LogP contribution is 2.28. The molecule has 0 fully saturated rings. The fraction of sp³-hybridized carbons (Fsp3) is 0.250. The Balaban J connectivity index is 1.76. The van der Waals surface area contributed by atoms with E-state index in [-0.39, 0.29) is 5.56 Å². The van der Waals surface area contributed by atoms with Gasteiger partial charge in [0.2, 0.25) is 5.95 Å². The molecule has 2 heterocycles. The van der Waals surface area contributed by atoms with Crippen LogP contribution in [0.15, 0.2) is 52.4 Å². The predicted molar refractivity (Wildman–Crippen MR) is 103 cm³/mol. The Morgan fingerprint density at radius 2 is 2.08 bits per heavy atom. The number of nitrogens with one attached hydrogen (secondary N) is 1. The number of hydrogen-bond acceptors (Lipinski definition) is 5. The summed E-state index contributed by atoms with van der Waals surface area (Å²) in [5.41, 5.74) is 6.58. The number of benzene rings is 2. The Bertz CT molecular complexity index is 1070. The van der Waals surface area contributed by atoms with Crippen molar-refractivity contribution in [2.45, 2.75) is 26.8 Å². The lowest BCUT2D eigenvalue weighted by Gasteiger charge is -2.21. The smallest absolute Gasteiger partial charge is 0.262 e. The number of aromatic nitrogens is 2. The lowest BCUT2D eigenvalue weighted by Crippen LogP contribution is -2.24. The van der Waals surface area contributed by atoms with Crippen LogP contribution >= 0.6 is 0 Å². The first-order valence-electron chi connectivity index (χ1n) is 8.74. The fourth-order valence-corrected chi connectivity index (χ4v) is 3.24. The minimum Gasteiger partial charge on any atom is -0.492 e. The molecular formula is C20H20N4O2. The van der Waals surface area contributed by atoms with Gasteiger partial charge in [0, 0.05) is 18.5 Å². The largest absolute Gasteiger partial charge is 0.492 e. The Labute approximate surface area is 151 Å². The van der Waals surface area contributed by atoms with Gasteiger partial charge >= 0.3 is 0 Å². The molecule has 0 saturated heterocycles. The summed E-state index contributed by atoms with van der Waals surface area (Å²) in [6, 6.07) is 13.4. The third-order valence-corrected chi connectivity index (χ3v) is 4.58. The summed E-state index contributed by atoms with van der Waals surface area (Å²) in [4.78, 5) is 17.3. The quantitative estimate of drug-likeness (QED) is 0.737. The second kappa shape index (κ2) is 6.63. The van der Waals surface area contributed by atoms with Crippen LogP contribution in [0.1, 0.15) is 24.5 Å². The Hall–Kier alpha value is -3.15. The number of hydrazone groups is 1. The van der Waals surface area contributed by atoms with Crippen molar-refractivity contribution in [3.05, 3.63) is 63.9 Å². The minimum absolute atomic E-state index is 0.0657. The molecule has 6 heteroatoms. The number of hydrogen-bond donors (Lipinski definition) is 1. The van der Waals surface area contributed by atoms with E-state index >= 15 is 0 Å². The molecule has 0 radical (unpaired) electrons. The summed E-state index contributed by atoms with van der Waals surface area (Å²) < 4.78 is 7.38. The summed E-state index contributed by atoms with van der Waals surface area (Å²) in [6.45, 7) is 5.05. The van der Waals surface area contributed by atoms with Crippen LogP contribution in [0.3, 0.4) is 0 Å². The summed E-state index contributed by atoms with van der Waals surface area (Å²) in [6.07, 6.45) is 0.702. The molecule has 0 atom stereocenters. The molecule has 4 rings (SSSR count). The van der Waals surface area contributed by atoms with Gasteiger partial charge in [0.25, 0.3) is 5.56 Å². The molecule has 26 heavy (non-hydrogen) atoms. The zero-order valence-corrected chi connectivity index (χ0v) is 14.8. The van der Waals surface area contributed by atoms with Crippen LogP contribution in [-0.4, -0.2) is 21.9 Å². The van der Waals surface area contributed by atoms with Crippen LogP contribution in [0, 0.1) is 6.92 Å². The van der Waals surface area contributed by atoms with Crippen molar-refractivity contribution in [2.24, 2.45) is 5.10 Å². The van der Waals surface area contributed by atoms with Crippen molar-refractivity contribution in [3.8, 4) is 5.75 Å². The average Bonchev–Trinajstić information content (AvgIpc) is 2.67. The Morgan fingerprint density at radius 3 is 2.92 bits per heavy atom. The molecule has 0 saturated carbocycles. The van der Waals surface area contributed by atoms with Gasteiger partial charge in [-0.25, -0.2) is 10.4 Å². The topological polar surface area (TPSA) is 68.5 Å². The van der Waals surface area contributed by atoms with E-state index in [1.54, 1.807) is 10.6 Å². The Kier molecular flexibility index (Phi) is 4.16. The highest BCUT2D eigenvalue weighted by atomic mass is 16.5. The van der Waals surface area contributed by atoms with E-state index in [0.29, 0.717) is 36.4 Å². The first-order valence-corrected chi connectivity index (χ1v) is 8.74. The molecule has 0 aliphatic carbocycles. The van der Waals surface area contributed by atoms with Crippen molar-refractivity contribution in [1.82, 2.24) is 9.55 Å². The maximum absolute atomic E-state index is 12.7. The van der Waals surface area contributed by atoms with Crippen molar-refractivity contribution in [1.29, 1.82) is 0 Å². The second-order valence-electron chi connectivity index (χ2n) is 6.22. The molecule has 1 aromatic heterocycles. The predicted octanol–water partition coefficient (Wildman–Crippen LogP) is 3.32. The van der Waals surface area contributed by atoms with E-state index in [2.05, 4.69) is 15.5 Å². The van der Waals surface area contributed by atoms with Crippen LogP contribution < -0.4 is 15.7 Å². The number of anilines is 1. The van der Waals surface area contributed by atoms with Crippen molar-refractivity contribution < 1.29 is 4.74 Å². The van der Waals surface area contributed by atoms with E-state index in [9.17, 15) is 4.79 Å². The molecule has 6 nitrogen and oxygen atoms in total. The number of para-hydroxylation sites is 2. The molecular weight excluding hydrogens is 328 g/mol. The van der Waals surface area contributed by atoms with Gasteiger partial charge in [-0.1, -0.05) is 24.3 Å². The van der Waals surface area contributed by atoms with Crippen LogP contribution in [0.2, 0.25) is 0 Å². The van der Waals surface area contributed by atoms with Gasteiger partial charge in [-0.15, -0.1) is 0 Å². The molecule has 0 unspecified atom stereocenters. The molecule has 3 aromatic rings. The van der Waals surface area contributed by atoms with Crippen LogP contribution in [0.25, 0.3) is 10.9 Å². The summed E-state index contributed by atoms with van der Waals surface area (Å²) >= 11 is 0. The van der Waals surface area contributed by atoms with Gasteiger partial charge in [-0.3, -0.25) is 9.36 Å². The second-order valence-corrected chi connectivity index (χ2v) is 6.22. The monoisotopic (exact) mass is 348 g/mol. The summed E-state index contributed by atoms with van der Waals surface area (Å²) in [5, 5.41) is 5.17. The van der Waals surface area contributed by atoms with Crippen molar-refractivity contribution >= 4 is 22.6 Å². The van der Waals surface area contributed by atoms with Gasteiger partial charge in [0.1, 0.15) is 5.75 Å². The third-order valence-electron chi connectivity index (χ3n) is 4.58. The number of fused-ring (bicyclic) bond motifs is 2. The molecule has 0 amide bonds. The lowest BCUT2D eigenvalue weighted by atomic mass is 10.0.